The number of fused-ring (bicyclic) bond motifs is 1. The van der Waals surface area contributed by atoms with E-state index >= 15 is 0 Å². The van der Waals surface area contributed by atoms with E-state index in [4.69, 9.17) is 0 Å². The Morgan fingerprint density at radius 1 is 1.15 bits per heavy atom. The number of ketones is 2. The number of hydrogen-bond acceptors (Lipinski definition) is 6. The van der Waals surface area contributed by atoms with Crippen LogP contribution in [0.4, 0.5) is 8.78 Å². The van der Waals surface area contributed by atoms with Gasteiger partial charge in [0.1, 0.15) is 17.6 Å². The summed E-state index contributed by atoms with van der Waals surface area (Å²) in [5, 5.41) is 19.7. The first kappa shape index (κ1) is 19.3. The molecule has 0 saturated carbocycles. The third-order valence-electron chi connectivity index (χ3n) is 3.71. The molecule has 1 aromatic rings. The Morgan fingerprint density at radius 2 is 1.73 bits per heavy atom. The van der Waals surface area contributed by atoms with Crippen LogP contribution in [-0.4, -0.2) is 40.3 Å². The normalized spacial score (nSPS) is 14.6. The lowest BCUT2D eigenvalue weighted by molar-refractivity contribution is -0.160. The third-order valence-corrected chi connectivity index (χ3v) is 3.71. The van der Waals surface area contributed by atoms with E-state index < -0.39 is 47.1 Å². The number of phenols is 2. The highest BCUT2D eigenvalue weighted by Gasteiger charge is 2.36. The van der Waals surface area contributed by atoms with Gasteiger partial charge in [-0.3, -0.25) is 9.59 Å². The van der Waals surface area contributed by atoms with Gasteiger partial charge in [-0.1, -0.05) is 11.6 Å². The van der Waals surface area contributed by atoms with E-state index in [0.29, 0.717) is 0 Å². The molecular weight excluding hydrogens is 350 g/mol. The van der Waals surface area contributed by atoms with Gasteiger partial charge in [-0.2, -0.15) is 8.78 Å². The van der Waals surface area contributed by atoms with E-state index in [9.17, 15) is 33.4 Å². The first-order valence-electron chi connectivity index (χ1n) is 7.61. The molecule has 0 amide bonds. The molecule has 1 atom stereocenters. The van der Waals surface area contributed by atoms with Crippen LogP contribution >= 0.6 is 0 Å². The van der Waals surface area contributed by atoms with Crippen molar-refractivity contribution in [3.63, 3.8) is 0 Å². The van der Waals surface area contributed by atoms with Gasteiger partial charge in [0, 0.05) is 12.0 Å². The molecule has 26 heavy (non-hydrogen) atoms. The van der Waals surface area contributed by atoms with Gasteiger partial charge in [0.05, 0.1) is 11.1 Å². The quantitative estimate of drug-likeness (QED) is 0.472. The maximum atomic E-state index is 12.7. The average Bonchev–Trinajstić information content (AvgIpc) is 2.56. The molecule has 0 radical (unpaired) electrons. The highest BCUT2D eigenvalue weighted by molar-refractivity contribution is 6.27. The van der Waals surface area contributed by atoms with Crippen LogP contribution in [0, 0.1) is 0 Å². The van der Waals surface area contributed by atoms with Crippen LogP contribution in [0.1, 0.15) is 41.0 Å². The van der Waals surface area contributed by atoms with Crippen LogP contribution in [0.2, 0.25) is 0 Å². The number of benzene rings is 1. The number of rotatable bonds is 5. The number of hydrogen-bond donors (Lipinski definition) is 2. The van der Waals surface area contributed by atoms with E-state index in [1.807, 2.05) is 0 Å². The second-order valence-electron chi connectivity index (χ2n) is 5.89. The van der Waals surface area contributed by atoms with E-state index in [-0.39, 0.29) is 17.6 Å². The van der Waals surface area contributed by atoms with E-state index in [1.54, 1.807) is 19.9 Å². The molecule has 138 valence electrons. The standard InChI is InChI=1S/C18H16F2O6/c1-8(2)3-6-13(26-18(25)17(19)20)9-7-12(23)14-10(21)4-5-11(22)15(14)16(9)24/h3-5,7,13,17,21-22H,6H2,1-2H3/t13-/m1/s1. The van der Waals surface area contributed by atoms with Crippen molar-refractivity contribution in [2.75, 3.05) is 0 Å². The summed E-state index contributed by atoms with van der Waals surface area (Å²) in [6, 6.07) is 2.08. The SMILES string of the molecule is CC(C)=CC[C@@H](OC(=O)C(F)F)C1=CC(=O)c2c(O)ccc(O)c2C1=O. The first-order valence-corrected chi connectivity index (χ1v) is 7.61. The second-order valence-corrected chi connectivity index (χ2v) is 5.89. The molecule has 2 rings (SSSR count). The van der Waals surface area contributed by atoms with Crippen LogP contribution in [0.15, 0.2) is 35.4 Å². The first-order chi connectivity index (χ1) is 12.1. The van der Waals surface area contributed by atoms with Gasteiger partial charge in [-0.05, 0) is 32.1 Å². The van der Waals surface area contributed by atoms with Crippen molar-refractivity contribution in [3.8, 4) is 11.5 Å². The van der Waals surface area contributed by atoms with Crippen molar-refractivity contribution >= 4 is 17.5 Å². The molecule has 1 aliphatic rings. The summed E-state index contributed by atoms with van der Waals surface area (Å²) in [5.74, 6) is -4.58. The number of phenolic OH excluding ortho intramolecular Hbond substituents is 2. The maximum absolute atomic E-state index is 12.7. The molecule has 1 aromatic carbocycles. The Kier molecular flexibility index (Phi) is 5.54. The van der Waals surface area contributed by atoms with Crippen molar-refractivity contribution in [1.82, 2.24) is 0 Å². The zero-order chi connectivity index (χ0) is 19.6. The molecule has 0 saturated heterocycles. The smallest absolute Gasteiger partial charge is 0.374 e. The zero-order valence-electron chi connectivity index (χ0n) is 14.0. The monoisotopic (exact) mass is 366 g/mol. The second kappa shape index (κ2) is 7.47. The van der Waals surface area contributed by atoms with E-state index in [0.717, 1.165) is 23.8 Å². The highest BCUT2D eigenvalue weighted by atomic mass is 19.3. The fourth-order valence-corrected chi connectivity index (χ4v) is 2.50. The van der Waals surface area contributed by atoms with Crippen LogP contribution in [0.5, 0.6) is 11.5 Å². The lowest BCUT2D eigenvalue weighted by atomic mass is 9.85. The molecule has 0 spiro atoms. The summed E-state index contributed by atoms with van der Waals surface area (Å²) >= 11 is 0. The van der Waals surface area contributed by atoms with Gasteiger partial charge in [0.2, 0.25) is 0 Å². The Balaban J connectivity index is 2.50. The molecule has 2 N–H and O–H groups in total. The van der Waals surface area contributed by atoms with Crippen molar-refractivity contribution < 1.29 is 38.1 Å². The number of alkyl halides is 2. The number of carbonyl (C=O) groups excluding carboxylic acids is 3. The third kappa shape index (κ3) is 3.79. The predicted octanol–water partition coefficient (Wildman–Crippen LogP) is 2.94. The summed E-state index contributed by atoms with van der Waals surface area (Å²) in [5.41, 5.74) is -0.420. The minimum atomic E-state index is -3.40. The molecule has 0 heterocycles. The Labute approximate surface area is 147 Å². The van der Waals surface area contributed by atoms with Crippen molar-refractivity contribution in [3.05, 3.63) is 46.6 Å². The van der Waals surface area contributed by atoms with E-state index in [2.05, 4.69) is 4.74 Å². The summed E-state index contributed by atoms with van der Waals surface area (Å²) in [6.07, 6.45) is -2.56. The van der Waals surface area contributed by atoms with Crippen molar-refractivity contribution in [2.24, 2.45) is 0 Å². The van der Waals surface area contributed by atoms with Crippen LogP contribution < -0.4 is 0 Å². The summed E-state index contributed by atoms with van der Waals surface area (Å²) in [4.78, 5) is 36.2. The molecular formula is C18H16F2O6. The van der Waals surface area contributed by atoms with Crippen molar-refractivity contribution in [2.45, 2.75) is 32.8 Å². The van der Waals surface area contributed by atoms with Gasteiger partial charge >= 0.3 is 12.4 Å². The fraction of sp³-hybridized carbons (Fsp3) is 0.278. The Bertz CT molecular complexity index is 834. The lowest BCUT2D eigenvalue weighted by Gasteiger charge is -2.23. The van der Waals surface area contributed by atoms with Gasteiger partial charge in [0.15, 0.2) is 11.6 Å². The molecule has 8 heteroatoms. The van der Waals surface area contributed by atoms with Crippen molar-refractivity contribution in [1.29, 1.82) is 0 Å². The minimum Gasteiger partial charge on any atom is -0.507 e. The van der Waals surface area contributed by atoms with Gasteiger partial charge in [0.25, 0.3) is 0 Å². The molecule has 0 bridgehead atoms. The summed E-state index contributed by atoms with van der Waals surface area (Å²) in [6.45, 7) is 3.43. The topological polar surface area (TPSA) is 101 Å². The Hall–Kier alpha value is -3.03. The van der Waals surface area contributed by atoms with E-state index in [1.165, 1.54) is 0 Å². The summed E-state index contributed by atoms with van der Waals surface area (Å²) in [7, 11) is 0. The maximum Gasteiger partial charge on any atom is 0.374 e. The van der Waals surface area contributed by atoms with Crippen LogP contribution in [-0.2, 0) is 9.53 Å². The predicted molar refractivity (Wildman–Crippen MR) is 86.4 cm³/mol. The van der Waals surface area contributed by atoms with Gasteiger partial charge in [-0.25, -0.2) is 4.79 Å². The number of carbonyl (C=O) groups is 3. The Morgan fingerprint density at radius 3 is 2.27 bits per heavy atom. The molecule has 0 unspecified atom stereocenters. The molecule has 0 aromatic heterocycles. The number of ether oxygens (including phenoxy) is 1. The molecule has 1 aliphatic carbocycles. The fourth-order valence-electron chi connectivity index (χ4n) is 2.50. The zero-order valence-corrected chi connectivity index (χ0v) is 14.0. The largest absolute Gasteiger partial charge is 0.507 e. The highest BCUT2D eigenvalue weighted by Crippen LogP contribution is 2.36. The number of aromatic hydroxyl groups is 2. The molecule has 0 aliphatic heterocycles. The number of Topliss-reactive ketones (excluding diaryl/α,β-unsaturated/α-hetero) is 1. The van der Waals surface area contributed by atoms with Crippen LogP contribution in [0.25, 0.3) is 0 Å². The lowest BCUT2D eigenvalue weighted by Crippen LogP contribution is -2.31. The molecule has 6 nitrogen and oxygen atoms in total. The number of esters is 1. The average molecular weight is 366 g/mol. The molecule has 0 fully saturated rings. The number of halogens is 2. The van der Waals surface area contributed by atoms with Gasteiger partial charge < -0.3 is 14.9 Å². The minimum absolute atomic E-state index is 0.111. The van der Waals surface area contributed by atoms with Gasteiger partial charge in [-0.15, -0.1) is 0 Å². The van der Waals surface area contributed by atoms with Crippen LogP contribution in [0.3, 0.4) is 0 Å². The summed E-state index contributed by atoms with van der Waals surface area (Å²) < 4.78 is 29.8. The number of allylic oxidation sites excluding steroid dienone is 2.